The number of aryl methyl sites for hydroxylation is 1. The van der Waals surface area contributed by atoms with Crippen LogP contribution in [-0.2, 0) is 0 Å². The van der Waals surface area contributed by atoms with Crippen molar-refractivity contribution in [2.45, 2.75) is 63.3 Å². The van der Waals surface area contributed by atoms with Gasteiger partial charge in [0.1, 0.15) is 22.4 Å². The molecule has 5 atom stereocenters. The lowest BCUT2D eigenvalue weighted by molar-refractivity contribution is 0.00446. The quantitative estimate of drug-likeness (QED) is 0.151. The predicted octanol–water partition coefficient (Wildman–Crippen LogP) is 5.15. The van der Waals surface area contributed by atoms with Gasteiger partial charge in [0.2, 0.25) is 5.95 Å². The van der Waals surface area contributed by atoms with Crippen LogP contribution in [0.1, 0.15) is 54.4 Å². The minimum atomic E-state index is -1.05. The molecule has 2 aliphatic rings. The van der Waals surface area contributed by atoms with Crippen LogP contribution in [0.5, 0.6) is 0 Å². The van der Waals surface area contributed by atoms with Crippen molar-refractivity contribution < 1.29 is 15.3 Å². The Labute approximate surface area is 257 Å². The number of thiazole rings is 2. The average Bonchev–Trinajstić information content (AvgIpc) is 3.47. The number of rotatable bonds is 9. The second kappa shape index (κ2) is 11.5. The van der Waals surface area contributed by atoms with Gasteiger partial charge in [-0.2, -0.15) is 4.98 Å². The van der Waals surface area contributed by atoms with Crippen molar-refractivity contribution in [3.63, 3.8) is 0 Å². The van der Waals surface area contributed by atoms with Gasteiger partial charge in [-0.1, -0.05) is 24.3 Å². The third-order valence-corrected chi connectivity index (χ3v) is 10.4. The normalized spacial score (nSPS) is 22.6. The third kappa shape index (κ3) is 5.61. The zero-order valence-corrected chi connectivity index (χ0v) is 25.4. The number of hydrogen-bond acceptors (Lipinski definition) is 12. The average molecular weight is 616 g/mol. The number of benzene rings is 1. The molecule has 1 aromatic carbocycles. The fraction of sp³-hybridized carbons (Fsp3) is 0.387. The first-order valence-corrected chi connectivity index (χ1v) is 16.2. The molecule has 2 aliphatic carbocycles. The molecule has 4 heterocycles. The zero-order chi connectivity index (χ0) is 29.7. The lowest BCUT2D eigenvalue weighted by Crippen LogP contribution is -2.35. The second-order valence-electron chi connectivity index (χ2n) is 11.5. The molecule has 12 heteroatoms. The third-order valence-electron chi connectivity index (χ3n) is 8.35. The van der Waals surface area contributed by atoms with Crippen LogP contribution >= 0.6 is 22.7 Å². The van der Waals surface area contributed by atoms with E-state index >= 15 is 0 Å². The van der Waals surface area contributed by atoms with Crippen LogP contribution in [0, 0.1) is 12.8 Å². The van der Waals surface area contributed by atoms with E-state index in [0.717, 1.165) is 43.3 Å². The van der Waals surface area contributed by atoms with E-state index in [4.69, 9.17) is 19.9 Å². The highest BCUT2D eigenvalue weighted by atomic mass is 32.1. The SMILES string of the molecule is Cc1nc(N[C@H](C)c2ccc(-c3csc(C4CC4)n3)cc2)nc(NC2C[C@H](CO)[C@@H](O)[C@H]2O)c1-c1nc2cnccc2s1. The zero-order valence-electron chi connectivity index (χ0n) is 23.8. The Morgan fingerprint density at radius 3 is 2.56 bits per heavy atom. The number of aliphatic hydroxyl groups excluding tert-OH is 3. The van der Waals surface area contributed by atoms with E-state index in [2.05, 4.69) is 52.2 Å². The largest absolute Gasteiger partial charge is 0.396 e. The van der Waals surface area contributed by atoms with Crippen molar-refractivity contribution in [1.82, 2.24) is 24.9 Å². The van der Waals surface area contributed by atoms with Gasteiger partial charge in [-0.15, -0.1) is 22.7 Å². The highest BCUT2D eigenvalue weighted by molar-refractivity contribution is 7.21. The van der Waals surface area contributed by atoms with Crippen molar-refractivity contribution in [1.29, 1.82) is 0 Å². The van der Waals surface area contributed by atoms with Crippen LogP contribution in [0.2, 0.25) is 0 Å². The molecule has 5 N–H and O–H groups in total. The molecule has 43 heavy (non-hydrogen) atoms. The summed E-state index contributed by atoms with van der Waals surface area (Å²) < 4.78 is 0.993. The van der Waals surface area contributed by atoms with Crippen LogP contribution in [0.25, 0.3) is 32.0 Å². The smallest absolute Gasteiger partial charge is 0.225 e. The number of nitrogens with zero attached hydrogens (tertiary/aromatic N) is 5. The number of fused-ring (bicyclic) bond motifs is 1. The van der Waals surface area contributed by atoms with Crippen LogP contribution in [-0.4, -0.2) is 65.1 Å². The first-order chi connectivity index (χ1) is 20.9. The molecule has 0 spiro atoms. The Bertz CT molecular complexity index is 1720. The Morgan fingerprint density at radius 1 is 1.02 bits per heavy atom. The molecule has 0 amide bonds. The van der Waals surface area contributed by atoms with Gasteiger partial charge in [0.25, 0.3) is 0 Å². The van der Waals surface area contributed by atoms with Crippen molar-refractivity contribution >= 4 is 44.7 Å². The number of nitrogens with one attached hydrogen (secondary N) is 2. The molecule has 0 radical (unpaired) electrons. The summed E-state index contributed by atoms with van der Waals surface area (Å²) in [6, 6.07) is 9.75. The van der Waals surface area contributed by atoms with Gasteiger partial charge < -0.3 is 26.0 Å². The van der Waals surface area contributed by atoms with Crippen molar-refractivity contribution in [3.8, 4) is 21.8 Å². The van der Waals surface area contributed by atoms with E-state index in [9.17, 15) is 15.3 Å². The molecule has 7 rings (SSSR count). The summed E-state index contributed by atoms with van der Waals surface area (Å²) in [6.45, 7) is 3.77. The molecule has 2 saturated carbocycles. The number of pyridine rings is 1. The highest BCUT2D eigenvalue weighted by Gasteiger charge is 2.41. The second-order valence-corrected chi connectivity index (χ2v) is 13.4. The molecule has 0 aliphatic heterocycles. The minimum Gasteiger partial charge on any atom is -0.396 e. The summed E-state index contributed by atoms with van der Waals surface area (Å²) in [4.78, 5) is 23.5. The van der Waals surface area contributed by atoms with E-state index in [0.29, 0.717) is 24.1 Å². The molecule has 10 nitrogen and oxygen atoms in total. The Morgan fingerprint density at radius 2 is 1.84 bits per heavy atom. The summed E-state index contributed by atoms with van der Waals surface area (Å²) in [5.41, 5.74) is 5.44. The van der Waals surface area contributed by atoms with Gasteiger partial charge in [0.05, 0.1) is 51.0 Å². The van der Waals surface area contributed by atoms with E-state index in [1.807, 2.05) is 13.0 Å². The molecule has 0 saturated heterocycles. The van der Waals surface area contributed by atoms with Crippen LogP contribution < -0.4 is 10.6 Å². The molecular weight excluding hydrogens is 583 g/mol. The van der Waals surface area contributed by atoms with Gasteiger partial charge in [0.15, 0.2) is 0 Å². The van der Waals surface area contributed by atoms with Gasteiger partial charge in [-0.05, 0) is 44.7 Å². The summed E-state index contributed by atoms with van der Waals surface area (Å²) >= 11 is 3.27. The fourth-order valence-electron chi connectivity index (χ4n) is 5.67. The van der Waals surface area contributed by atoms with Gasteiger partial charge >= 0.3 is 0 Å². The molecule has 222 valence electrons. The Kier molecular flexibility index (Phi) is 7.56. The van der Waals surface area contributed by atoms with Gasteiger partial charge in [-0.3, -0.25) is 4.98 Å². The first kappa shape index (κ1) is 28.2. The maximum absolute atomic E-state index is 10.8. The predicted molar refractivity (Wildman–Crippen MR) is 169 cm³/mol. The highest BCUT2D eigenvalue weighted by Crippen LogP contribution is 2.42. The van der Waals surface area contributed by atoms with E-state index in [-0.39, 0.29) is 12.6 Å². The monoisotopic (exact) mass is 615 g/mol. The van der Waals surface area contributed by atoms with Crippen molar-refractivity contribution in [2.75, 3.05) is 17.2 Å². The fourth-order valence-corrected chi connectivity index (χ4v) is 7.70. The number of aromatic nitrogens is 5. The molecule has 5 aromatic rings. The van der Waals surface area contributed by atoms with Crippen LogP contribution in [0.15, 0.2) is 48.1 Å². The van der Waals surface area contributed by atoms with E-state index in [1.54, 1.807) is 23.7 Å². The van der Waals surface area contributed by atoms with E-state index < -0.39 is 24.2 Å². The summed E-state index contributed by atoms with van der Waals surface area (Å²) in [7, 11) is 0. The molecular formula is C31H33N7O3S2. The summed E-state index contributed by atoms with van der Waals surface area (Å²) in [5.74, 6) is 1.18. The first-order valence-electron chi connectivity index (χ1n) is 14.5. The summed E-state index contributed by atoms with van der Waals surface area (Å²) in [6.07, 6.45) is 4.29. The number of anilines is 2. The van der Waals surface area contributed by atoms with Gasteiger partial charge in [-0.25, -0.2) is 15.0 Å². The van der Waals surface area contributed by atoms with Gasteiger partial charge in [0, 0.05) is 35.6 Å². The van der Waals surface area contributed by atoms with Crippen LogP contribution in [0.4, 0.5) is 11.8 Å². The Hall–Kier alpha value is -3.55. The van der Waals surface area contributed by atoms with Crippen molar-refractivity contribution in [2.24, 2.45) is 5.92 Å². The Balaban J connectivity index is 1.17. The van der Waals surface area contributed by atoms with E-state index in [1.165, 1.54) is 29.2 Å². The number of aliphatic hydroxyl groups is 3. The molecule has 2 fully saturated rings. The summed E-state index contributed by atoms with van der Waals surface area (Å²) in [5, 5.41) is 41.8. The molecule has 0 bridgehead atoms. The molecule has 1 unspecified atom stereocenters. The molecule has 4 aromatic heterocycles. The lowest BCUT2D eigenvalue weighted by Gasteiger charge is -2.22. The minimum absolute atomic E-state index is 0.0872. The standard InChI is InChI=1S/C31H33N7O3S2/c1-15(17-3-5-18(6-4-17)23-14-42-29(37-23)19-7-8-19)33-31-34-16(2)25(30-36-22-12-32-10-9-24(22)43-30)28(38-31)35-21-11-20(13-39)26(40)27(21)41/h3-6,9-10,12,14-15,19-21,26-27,39-41H,7-8,11,13H2,1-2H3,(H2,33,34,35,38)/t15-,20-,21?,26-,27+/m1/s1. The topological polar surface area (TPSA) is 149 Å². The van der Waals surface area contributed by atoms with Crippen molar-refractivity contribution in [3.05, 3.63) is 64.4 Å². The van der Waals surface area contributed by atoms with Crippen LogP contribution in [0.3, 0.4) is 0 Å². The number of hydrogen-bond donors (Lipinski definition) is 5. The maximum Gasteiger partial charge on any atom is 0.225 e. The maximum atomic E-state index is 10.8. The lowest BCUT2D eigenvalue weighted by atomic mass is 10.1.